The highest BCUT2D eigenvalue weighted by Gasteiger charge is 2.34. The summed E-state index contributed by atoms with van der Waals surface area (Å²) in [5.74, 6) is 0. The fourth-order valence-electron chi connectivity index (χ4n) is 2.34. The Morgan fingerprint density at radius 1 is 1.23 bits per heavy atom. The second-order valence-corrected chi connectivity index (χ2v) is 3.89. The van der Waals surface area contributed by atoms with Crippen LogP contribution in [0, 0.1) is 0 Å². The molecule has 70 valence electrons. The van der Waals surface area contributed by atoms with Gasteiger partial charge in [0.15, 0.2) is 0 Å². The minimum atomic E-state index is 0.399. The van der Waals surface area contributed by atoms with Gasteiger partial charge in [0.2, 0.25) is 0 Å². The molecule has 0 spiro atoms. The summed E-state index contributed by atoms with van der Waals surface area (Å²) in [5.41, 5.74) is 3.25. The Kier molecular flexibility index (Phi) is 2.03. The van der Waals surface area contributed by atoms with Crippen molar-refractivity contribution < 1.29 is 0 Å². The normalized spacial score (nSPS) is 18.0. The highest BCUT2D eigenvalue weighted by atomic mass is 14.9. The average molecular weight is 175 g/mol. The monoisotopic (exact) mass is 175 g/mol. The maximum Gasteiger partial charge on any atom is 0.0379 e. The number of hydrogen-bond acceptors (Lipinski definition) is 1. The molecule has 1 heteroatoms. The fraction of sp³-hybridized carbons (Fsp3) is 0.500. The van der Waals surface area contributed by atoms with Crippen LogP contribution in [-0.4, -0.2) is 6.54 Å². The van der Waals surface area contributed by atoms with Crippen LogP contribution in [0.1, 0.15) is 32.3 Å². The molecule has 1 aliphatic heterocycles. The first-order valence-corrected chi connectivity index (χ1v) is 5.16. The lowest BCUT2D eigenvalue weighted by molar-refractivity contribution is 0.437. The van der Waals surface area contributed by atoms with E-state index in [2.05, 4.69) is 43.4 Å². The molecule has 0 saturated heterocycles. The minimum absolute atomic E-state index is 0.399. The van der Waals surface area contributed by atoms with Crippen molar-refractivity contribution in [1.29, 1.82) is 0 Å². The highest BCUT2D eigenvalue weighted by molar-refractivity contribution is 5.60. The van der Waals surface area contributed by atoms with E-state index >= 15 is 0 Å². The number of anilines is 1. The van der Waals surface area contributed by atoms with E-state index in [0.29, 0.717) is 5.41 Å². The topological polar surface area (TPSA) is 12.0 Å². The van der Waals surface area contributed by atoms with E-state index in [1.165, 1.54) is 24.1 Å². The van der Waals surface area contributed by atoms with Crippen molar-refractivity contribution in [2.75, 3.05) is 11.9 Å². The van der Waals surface area contributed by atoms with Crippen molar-refractivity contribution in [1.82, 2.24) is 0 Å². The molecule has 1 aromatic rings. The van der Waals surface area contributed by atoms with Crippen molar-refractivity contribution >= 4 is 5.69 Å². The van der Waals surface area contributed by atoms with Gasteiger partial charge in [0.1, 0.15) is 0 Å². The molecule has 0 bridgehead atoms. The molecule has 0 radical (unpaired) electrons. The summed E-state index contributed by atoms with van der Waals surface area (Å²) in [4.78, 5) is 0. The number of hydrogen-bond donors (Lipinski definition) is 1. The summed E-state index contributed by atoms with van der Waals surface area (Å²) in [6, 6.07) is 8.70. The predicted molar refractivity (Wildman–Crippen MR) is 57.2 cm³/mol. The van der Waals surface area contributed by atoms with Crippen LogP contribution < -0.4 is 5.32 Å². The molecule has 1 heterocycles. The Bertz CT molecular complexity index is 300. The zero-order valence-electron chi connectivity index (χ0n) is 8.43. The van der Waals surface area contributed by atoms with Crippen molar-refractivity contribution in [3.05, 3.63) is 29.8 Å². The van der Waals surface area contributed by atoms with Gasteiger partial charge < -0.3 is 5.32 Å². The van der Waals surface area contributed by atoms with E-state index in [1.54, 1.807) is 0 Å². The van der Waals surface area contributed by atoms with E-state index in [0.717, 1.165) is 6.54 Å². The Labute approximate surface area is 80.2 Å². The van der Waals surface area contributed by atoms with Crippen LogP contribution in [0.3, 0.4) is 0 Å². The third-order valence-corrected chi connectivity index (χ3v) is 3.47. The van der Waals surface area contributed by atoms with Crippen LogP contribution in [0.5, 0.6) is 0 Å². The van der Waals surface area contributed by atoms with E-state index in [4.69, 9.17) is 0 Å². The summed E-state index contributed by atoms with van der Waals surface area (Å²) in [6.07, 6.45) is 2.46. The number of fused-ring (bicyclic) bond motifs is 1. The number of nitrogens with one attached hydrogen (secondary N) is 1. The van der Waals surface area contributed by atoms with Crippen molar-refractivity contribution in [2.24, 2.45) is 0 Å². The van der Waals surface area contributed by atoms with Gasteiger partial charge >= 0.3 is 0 Å². The van der Waals surface area contributed by atoms with Crippen LogP contribution in [0.4, 0.5) is 5.69 Å². The predicted octanol–water partition coefficient (Wildman–Crippen LogP) is 3.17. The van der Waals surface area contributed by atoms with Crippen molar-refractivity contribution in [2.45, 2.75) is 32.1 Å². The zero-order valence-corrected chi connectivity index (χ0v) is 8.43. The second-order valence-electron chi connectivity index (χ2n) is 3.89. The molecular formula is C12H17N. The number of para-hydroxylation sites is 1. The molecule has 0 aliphatic carbocycles. The Balaban J connectivity index is 2.47. The summed E-state index contributed by atoms with van der Waals surface area (Å²) in [6.45, 7) is 5.68. The summed E-state index contributed by atoms with van der Waals surface area (Å²) < 4.78 is 0. The van der Waals surface area contributed by atoms with Gasteiger partial charge in [-0.05, 0) is 24.5 Å². The zero-order chi connectivity index (χ0) is 9.31. The Morgan fingerprint density at radius 2 is 1.92 bits per heavy atom. The van der Waals surface area contributed by atoms with Gasteiger partial charge in [0, 0.05) is 17.6 Å². The van der Waals surface area contributed by atoms with E-state index in [1.807, 2.05) is 0 Å². The first-order valence-electron chi connectivity index (χ1n) is 5.16. The summed E-state index contributed by atoms with van der Waals surface area (Å²) in [5, 5.41) is 3.49. The van der Waals surface area contributed by atoms with Crippen LogP contribution in [0.15, 0.2) is 24.3 Å². The molecule has 0 saturated carbocycles. The molecule has 0 atom stereocenters. The molecule has 1 aromatic carbocycles. The van der Waals surface area contributed by atoms with E-state index in [-0.39, 0.29) is 0 Å². The van der Waals surface area contributed by atoms with Crippen molar-refractivity contribution in [3.8, 4) is 0 Å². The van der Waals surface area contributed by atoms with Gasteiger partial charge in [-0.15, -0.1) is 0 Å². The molecule has 0 amide bonds. The third-order valence-electron chi connectivity index (χ3n) is 3.47. The third kappa shape index (κ3) is 1.14. The van der Waals surface area contributed by atoms with Gasteiger partial charge in [0.25, 0.3) is 0 Å². The first kappa shape index (κ1) is 8.61. The Hall–Kier alpha value is -0.980. The number of rotatable bonds is 2. The van der Waals surface area contributed by atoms with Crippen molar-refractivity contribution in [3.63, 3.8) is 0 Å². The SMILES string of the molecule is CCC1(CC)CNc2ccccc21. The molecule has 1 nitrogen and oxygen atoms in total. The smallest absolute Gasteiger partial charge is 0.0379 e. The number of benzene rings is 1. The lowest BCUT2D eigenvalue weighted by Gasteiger charge is -2.25. The summed E-state index contributed by atoms with van der Waals surface area (Å²) >= 11 is 0. The standard InChI is InChI=1S/C12H17N/c1-3-12(4-2)9-13-11-8-6-5-7-10(11)12/h5-8,13H,3-4,9H2,1-2H3. The van der Waals surface area contributed by atoms with Crippen LogP contribution in [-0.2, 0) is 5.41 Å². The van der Waals surface area contributed by atoms with E-state index < -0.39 is 0 Å². The molecule has 0 unspecified atom stereocenters. The minimum Gasteiger partial charge on any atom is -0.384 e. The van der Waals surface area contributed by atoms with E-state index in [9.17, 15) is 0 Å². The van der Waals surface area contributed by atoms with Crippen LogP contribution >= 0.6 is 0 Å². The molecule has 1 aliphatic rings. The van der Waals surface area contributed by atoms with Gasteiger partial charge in [-0.25, -0.2) is 0 Å². The van der Waals surface area contributed by atoms with Crippen LogP contribution in [0.25, 0.3) is 0 Å². The Morgan fingerprint density at radius 3 is 2.62 bits per heavy atom. The molecule has 2 rings (SSSR count). The van der Waals surface area contributed by atoms with Gasteiger partial charge in [-0.3, -0.25) is 0 Å². The van der Waals surface area contributed by atoms with Crippen LogP contribution in [0.2, 0.25) is 0 Å². The highest BCUT2D eigenvalue weighted by Crippen LogP contribution is 2.41. The molecule has 0 aromatic heterocycles. The maximum atomic E-state index is 3.49. The fourth-order valence-corrected chi connectivity index (χ4v) is 2.34. The average Bonchev–Trinajstić information content (AvgIpc) is 2.58. The lowest BCUT2D eigenvalue weighted by atomic mass is 9.78. The van der Waals surface area contributed by atoms with Gasteiger partial charge in [0.05, 0.1) is 0 Å². The molecule has 0 fully saturated rings. The first-order chi connectivity index (χ1) is 6.32. The summed E-state index contributed by atoms with van der Waals surface area (Å²) in [7, 11) is 0. The van der Waals surface area contributed by atoms with Gasteiger partial charge in [-0.2, -0.15) is 0 Å². The second kappa shape index (κ2) is 3.06. The maximum absolute atomic E-state index is 3.49. The lowest BCUT2D eigenvalue weighted by Crippen LogP contribution is -2.26. The largest absolute Gasteiger partial charge is 0.384 e. The molecular weight excluding hydrogens is 158 g/mol. The quantitative estimate of drug-likeness (QED) is 0.728. The van der Waals surface area contributed by atoms with Gasteiger partial charge in [-0.1, -0.05) is 32.0 Å². The molecule has 1 N–H and O–H groups in total. The molecule has 13 heavy (non-hydrogen) atoms.